The lowest BCUT2D eigenvalue weighted by molar-refractivity contribution is -0.385. The van der Waals surface area contributed by atoms with Crippen LogP contribution in [0.1, 0.15) is 39.2 Å². The Kier molecular flexibility index (Phi) is 3.30. The summed E-state index contributed by atoms with van der Waals surface area (Å²) in [4.78, 5) is 24.4. The SMILES string of the molecule is CCCN1C(=O)CC(C)(C)c2cc([N+](=O)[O-])ccc21. The predicted octanol–water partition coefficient (Wildman–Crippen LogP) is 3.02. The summed E-state index contributed by atoms with van der Waals surface area (Å²) in [5, 5.41) is 10.9. The minimum absolute atomic E-state index is 0.0811. The zero-order chi connectivity index (χ0) is 14.2. The third-order valence-electron chi connectivity index (χ3n) is 3.55. The highest BCUT2D eigenvalue weighted by Gasteiger charge is 2.37. The van der Waals surface area contributed by atoms with Gasteiger partial charge in [0, 0.05) is 36.2 Å². The van der Waals surface area contributed by atoms with Gasteiger partial charge in [-0.1, -0.05) is 20.8 Å². The van der Waals surface area contributed by atoms with Crippen molar-refractivity contribution in [3.05, 3.63) is 33.9 Å². The van der Waals surface area contributed by atoms with Crippen molar-refractivity contribution in [2.75, 3.05) is 11.4 Å². The van der Waals surface area contributed by atoms with Crippen molar-refractivity contribution in [3.63, 3.8) is 0 Å². The molecule has 0 bridgehead atoms. The van der Waals surface area contributed by atoms with E-state index in [1.54, 1.807) is 17.0 Å². The van der Waals surface area contributed by atoms with Crippen molar-refractivity contribution < 1.29 is 9.72 Å². The molecule has 0 aromatic heterocycles. The van der Waals surface area contributed by atoms with Crippen LogP contribution in [0.4, 0.5) is 11.4 Å². The maximum absolute atomic E-state index is 12.2. The van der Waals surface area contributed by atoms with E-state index in [1.165, 1.54) is 6.07 Å². The normalized spacial score (nSPS) is 17.2. The maximum atomic E-state index is 12.2. The summed E-state index contributed by atoms with van der Waals surface area (Å²) in [6.07, 6.45) is 1.25. The fourth-order valence-electron chi connectivity index (χ4n) is 2.59. The minimum Gasteiger partial charge on any atom is -0.312 e. The zero-order valence-electron chi connectivity index (χ0n) is 11.5. The van der Waals surface area contributed by atoms with Crippen molar-refractivity contribution >= 4 is 17.3 Å². The zero-order valence-corrected chi connectivity index (χ0v) is 11.5. The van der Waals surface area contributed by atoms with Crippen molar-refractivity contribution in [2.24, 2.45) is 0 Å². The summed E-state index contributed by atoms with van der Waals surface area (Å²) in [6.45, 7) is 6.57. The first-order valence-electron chi connectivity index (χ1n) is 6.46. The lowest BCUT2D eigenvalue weighted by Gasteiger charge is -2.38. The fraction of sp³-hybridized carbons (Fsp3) is 0.500. The van der Waals surface area contributed by atoms with E-state index in [9.17, 15) is 14.9 Å². The van der Waals surface area contributed by atoms with Crippen molar-refractivity contribution in [3.8, 4) is 0 Å². The van der Waals surface area contributed by atoms with Crippen molar-refractivity contribution in [1.82, 2.24) is 0 Å². The molecule has 0 N–H and O–H groups in total. The number of fused-ring (bicyclic) bond motifs is 1. The smallest absolute Gasteiger partial charge is 0.269 e. The highest BCUT2D eigenvalue weighted by molar-refractivity contribution is 5.98. The Morgan fingerprint density at radius 3 is 2.68 bits per heavy atom. The Morgan fingerprint density at radius 1 is 1.42 bits per heavy atom. The van der Waals surface area contributed by atoms with Crippen LogP contribution >= 0.6 is 0 Å². The summed E-state index contributed by atoms with van der Waals surface area (Å²) < 4.78 is 0. The van der Waals surface area contributed by atoms with E-state index in [1.807, 2.05) is 20.8 Å². The maximum Gasteiger partial charge on any atom is 0.269 e. The number of nitro groups is 1. The number of carbonyl (C=O) groups excluding carboxylic acids is 1. The van der Waals surface area contributed by atoms with E-state index in [-0.39, 0.29) is 17.0 Å². The molecule has 0 saturated carbocycles. The molecule has 1 aliphatic heterocycles. The lowest BCUT2D eigenvalue weighted by Crippen LogP contribution is -2.42. The summed E-state index contributed by atoms with van der Waals surface area (Å²) >= 11 is 0. The highest BCUT2D eigenvalue weighted by Crippen LogP contribution is 2.41. The largest absolute Gasteiger partial charge is 0.312 e. The monoisotopic (exact) mass is 262 g/mol. The van der Waals surface area contributed by atoms with E-state index < -0.39 is 4.92 Å². The van der Waals surface area contributed by atoms with Gasteiger partial charge >= 0.3 is 0 Å². The Hall–Kier alpha value is -1.91. The van der Waals surface area contributed by atoms with Crippen LogP contribution in [0.5, 0.6) is 0 Å². The second-order valence-corrected chi connectivity index (χ2v) is 5.56. The molecule has 0 radical (unpaired) electrons. The highest BCUT2D eigenvalue weighted by atomic mass is 16.6. The molecule has 1 amide bonds. The van der Waals surface area contributed by atoms with Gasteiger partial charge in [0.05, 0.1) is 4.92 Å². The topological polar surface area (TPSA) is 63.5 Å². The van der Waals surface area contributed by atoms with E-state index in [2.05, 4.69) is 0 Å². The number of amides is 1. The molecule has 1 aromatic rings. The van der Waals surface area contributed by atoms with Gasteiger partial charge in [0.1, 0.15) is 0 Å². The molecule has 2 rings (SSSR count). The van der Waals surface area contributed by atoms with Crippen LogP contribution in [0.25, 0.3) is 0 Å². The second kappa shape index (κ2) is 4.64. The molecule has 5 heteroatoms. The molecule has 0 atom stereocenters. The summed E-state index contributed by atoms with van der Waals surface area (Å²) in [6, 6.07) is 4.77. The van der Waals surface area contributed by atoms with Gasteiger partial charge < -0.3 is 4.90 Å². The fourth-order valence-corrected chi connectivity index (χ4v) is 2.59. The van der Waals surface area contributed by atoms with Gasteiger partial charge in [-0.3, -0.25) is 14.9 Å². The van der Waals surface area contributed by atoms with Gasteiger partial charge in [-0.2, -0.15) is 0 Å². The molecule has 0 fully saturated rings. The third kappa shape index (κ3) is 2.32. The standard InChI is InChI=1S/C14H18N2O3/c1-4-7-15-12-6-5-10(16(18)19)8-11(12)14(2,3)9-13(15)17/h5-6,8H,4,7,9H2,1-3H3. The molecule has 1 heterocycles. The number of hydrogen-bond donors (Lipinski definition) is 0. The molecule has 102 valence electrons. The first-order chi connectivity index (χ1) is 8.86. The predicted molar refractivity (Wildman–Crippen MR) is 73.4 cm³/mol. The first kappa shape index (κ1) is 13.5. The van der Waals surface area contributed by atoms with Crippen molar-refractivity contribution in [1.29, 1.82) is 0 Å². The molecule has 1 aromatic carbocycles. The van der Waals surface area contributed by atoms with E-state index in [0.29, 0.717) is 13.0 Å². The van der Waals surface area contributed by atoms with Crippen LogP contribution in [-0.2, 0) is 10.2 Å². The number of carbonyl (C=O) groups is 1. The van der Waals surface area contributed by atoms with Gasteiger partial charge in [0.15, 0.2) is 0 Å². The van der Waals surface area contributed by atoms with E-state index in [4.69, 9.17) is 0 Å². The Balaban J connectivity index is 2.57. The molecular formula is C14H18N2O3. The molecule has 1 aliphatic rings. The van der Waals surface area contributed by atoms with Gasteiger partial charge in [0.25, 0.3) is 5.69 Å². The number of nitro benzene ring substituents is 1. The number of nitrogens with zero attached hydrogens (tertiary/aromatic N) is 2. The average molecular weight is 262 g/mol. The van der Waals surface area contributed by atoms with E-state index in [0.717, 1.165) is 17.7 Å². The van der Waals surface area contributed by atoms with Crippen LogP contribution in [0.3, 0.4) is 0 Å². The average Bonchev–Trinajstić information content (AvgIpc) is 2.33. The molecule has 5 nitrogen and oxygen atoms in total. The quantitative estimate of drug-likeness (QED) is 0.621. The van der Waals surface area contributed by atoms with Gasteiger partial charge in [0.2, 0.25) is 5.91 Å². The van der Waals surface area contributed by atoms with Crippen LogP contribution in [0, 0.1) is 10.1 Å². The van der Waals surface area contributed by atoms with Gasteiger partial charge in [-0.15, -0.1) is 0 Å². The number of hydrogen-bond acceptors (Lipinski definition) is 3. The lowest BCUT2D eigenvalue weighted by atomic mass is 9.77. The number of rotatable bonds is 3. The summed E-state index contributed by atoms with van der Waals surface area (Å²) in [5.41, 5.74) is 1.42. The van der Waals surface area contributed by atoms with Crippen molar-refractivity contribution in [2.45, 2.75) is 39.0 Å². The molecule has 19 heavy (non-hydrogen) atoms. The molecular weight excluding hydrogens is 244 g/mol. The van der Waals surface area contributed by atoms with Gasteiger partial charge in [-0.25, -0.2) is 0 Å². The number of non-ortho nitro benzene ring substituents is 1. The summed E-state index contributed by atoms with van der Waals surface area (Å²) in [5.74, 6) is 0.0909. The molecule has 0 aliphatic carbocycles. The van der Waals surface area contributed by atoms with Crippen LogP contribution in [0.15, 0.2) is 18.2 Å². The second-order valence-electron chi connectivity index (χ2n) is 5.56. The Morgan fingerprint density at radius 2 is 2.11 bits per heavy atom. The third-order valence-corrected chi connectivity index (χ3v) is 3.55. The number of anilines is 1. The van der Waals surface area contributed by atoms with Gasteiger partial charge in [-0.05, 0) is 18.1 Å². The van der Waals surface area contributed by atoms with Crippen LogP contribution in [0.2, 0.25) is 0 Å². The minimum atomic E-state index is -0.392. The summed E-state index contributed by atoms with van der Waals surface area (Å²) in [7, 11) is 0. The van der Waals surface area contributed by atoms with Crippen LogP contribution in [-0.4, -0.2) is 17.4 Å². The van der Waals surface area contributed by atoms with E-state index >= 15 is 0 Å². The van der Waals surface area contributed by atoms with Crippen LogP contribution < -0.4 is 4.90 Å². The molecule has 0 unspecified atom stereocenters. The first-order valence-corrected chi connectivity index (χ1v) is 6.46. The Labute approximate surface area is 112 Å². The number of benzene rings is 1. The Bertz CT molecular complexity index is 537. The molecule has 0 spiro atoms. The molecule has 0 saturated heterocycles.